The van der Waals surface area contributed by atoms with Gasteiger partial charge < -0.3 is 20.3 Å². The van der Waals surface area contributed by atoms with Gasteiger partial charge in [-0.25, -0.2) is 14.6 Å². The van der Waals surface area contributed by atoms with E-state index in [0.717, 1.165) is 5.56 Å². The summed E-state index contributed by atoms with van der Waals surface area (Å²) in [4.78, 5) is 48.1. The number of benzene rings is 1. The van der Waals surface area contributed by atoms with Gasteiger partial charge in [0.05, 0.1) is 6.04 Å². The number of carbonyl (C=O) groups is 4. The number of nitrogens with one attached hydrogen (secondary N) is 2. The zero-order chi connectivity index (χ0) is 24.5. The van der Waals surface area contributed by atoms with Crippen LogP contribution in [0.5, 0.6) is 0 Å². The van der Waals surface area contributed by atoms with E-state index in [1.807, 2.05) is 30.3 Å². The van der Waals surface area contributed by atoms with Crippen LogP contribution in [0, 0.1) is 0 Å². The van der Waals surface area contributed by atoms with Gasteiger partial charge in [-0.15, -0.1) is 0 Å². The maximum absolute atomic E-state index is 13.0. The molecule has 3 unspecified atom stereocenters. The largest absolute Gasteiger partial charge is 0.480 e. The Labute approximate surface area is 198 Å². The molecule has 2 aliphatic heterocycles. The lowest BCUT2D eigenvalue weighted by molar-refractivity contribution is -0.183. The summed E-state index contributed by atoms with van der Waals surface area (Å²) in [6, 6.07) is 6.70. The van der Waals surface area contributed by atoms with Crippen molar-refractivity contribution in [1.82, 2.24) is 20.7 Å². The normalized spacial score (nSPS) is 21.4. The molecule has 2 fully saturated rings. The number of fused-ring (bicyclic) bond motifs is 1. The molecule has 11 nitrogen and oxygen atoms in total. The Morgan fingerprint density at radius 2 is 1.85 bits per heavy atom. The summed E-state index contributed by atoms with van der Waals surface area (Å²) in [5, 5.41) is 27.7. The van der Waals surface area contributed by atoms with E-state index in [0.29, 0.717) is 51.7 Å². The predicted molar refractivity (Wildman–Crippen MR) is 121 cm³/mol. The van der Waals surface area contributed by atoms with Crippen LogP contribution in [0.2, 0.25) is 0 Å². The van der Waals surface area contributed by atoms with Gasteiger partial charge in [0, 0.05) is 19.6 Å². The average molecular weight is 477 g/mol. The van der Waals surface area contributed by atoms with Crippen molar-refractivity contribution in [2.75, 3.05) is 19.6 Å². The Morgan fingerprint density at radius 1 is 1.09 bits per heavy atom. The quantitative estimate of drug-likeness (QED) is 0.346. The zero-order valence-electron chi connectivity index (χ0n) is 19.0. The highest BCUT2D eigenvalue weighted by Gasteiger charge is 2.43. The molecule has 0 bridgehead atoms. The van der Waals surface area contributed by atoms with Gasteiger partial charge in [-0.3, -0.25) is 19.9 Å². The van der Waals surface area contributed by atoms with Gasteiger partial charge in [-0.2, -0.15) is 0 Å². The van der Waals surface area contributed by atoms with Crippen LogP contribution in [0.1, 0.15) is 44.1 Å². The molecular weight excluding hydrogens is 444 g/mol. The van der Waals surface area contributed by atoms with Crippen LogP contribution in [-0.2, 0) is 25.7 Å². The Kier molecular flexibility index (Phi) is 9.23. The molecule has 0 aliphatic carbocycles. The molecule has 4 N–H and O–H groups in total. The van der Waals surface area contributed by atoms with E-state index in [2.05, 4.69) is 10.6 Å². The van der Waals surface area contributed by atoms with Crippen LogP contribution in [0.25, 0.3) is 0 Å². The third-order valence-corrected chi connectivity index (χ3v) is 6.08. The minimum Gasteiger partial charge on any atom is -0.480 e. The van der Waals surface area contributed by atoms with E-state index in [4.69, 9.17) is 4.74 Å². The lowest BCUT2D eigenvalue weighted by Crippen LogP contribution is -2.67. The summed E-state index contributed by atoms with van der Waals surface area (Å²) in [6.45, 7) is 1.62. The second-order valence-electron chi connectivity index (χ2n) is 8.52. The number of alkyl carbamates (subject to hydrolysis) is 1. The number of aliphatic carboxylic acids is 2. The molecule has 2 aliphatic rings. The minimum atomic E-state index is -1.07. The molecular formula is C23H32N4O7. The lowest BCUT2D eigenvalue weighted by atomic mass is 10.0. The summed E-state index contributed by atoms with van der Waals surface area (Å²) < 4.78 is 5.13. The Hall–Kier alpha value is -3.18. The number of rotatable bonds is 11. The second-order valence-corrected chi connectivity index (χ2v) is 8.52. The molecule has 0 aromatic heterocycles. The fourth-order valence-corrected chi connectivity index (χ4v) is 4.31. The van der Waals surface area contributed by atoms with Crippen LogP contribution < -0.4 is 10.6 Å². The van der Waals surface area contributed by atoms with Crippen molar-refractivity contribution >= 4 is 23.9 Å². The Balaban J connectivity index is 1.40. The van der Waals surface area contributed by atoms with Gasteiger partial charge in [0.1, 0.15) is 18.7 Å². The first-order valence-corrected chi connectivity index (χ1v) is 11.6. The van der Waals surface area contributed by atoms with E-state index in [1.54, 1.807) is 5.01 Å². The average Bonchev–Trinajstić information content (AvgIpc) is 2.83. The highest BCUT2D eigenvalue weighted by atomic mass is 16.5. The number of carbonyl (C=O) groups excluding carboxylic acids is 2. The molecule has 2 saturated heterocycles. The number of unbranched alkanes of at least 4 members (excludes halogenated alkanes) is 1. The number of carboxylic acid groups (broad SMARTS) is 2. The van der Waals surface area contributed by atoms with Gasteiger partial charge in [0.2, 0.25) is 0 Å². The van der Waals surface area contributed by atoms with Gasteiger partial charge in [0.25, 0.3) is 5.91 Å². The summed E-state index contributed by atoms with van der Waals surface area (Å²) >= 11 is 0. The Bertz CT molecular complexity index is 866. The van der Waals surface area contributed by atoms with Gasteiger partial charge in [0.15, 0.2) is 0 Å². The molecule has 0 saturated carbocycles. The molecule has 11 heteroatoms. The van der Waals surface area contributed by atoms with Crippen LogP contribution in [0.15, 0.2) is 30.3 Å². The van der Waals surface area contributed by atoms with Gasteiger partial charge in [-0.1, -0.05) is 30.3 Å². The van der Waals surface area contributed by atoms with Crippen molar-refractivity contribution in [3.63, 3.8) is 0 Å². The summed E-state index contributed by atoms with van der Waals surface area (Å²) in [7, 11) is 0. The first-order chi connectivity index (χ1) is 16.4. The standard InChI is InChI=1S/C23H32N4O7/c28-20-17(11-14-26-13-6-10-19(22(31)32)27(20)26)25-18(21(29)30)9-4-5-12-24-23(33)34-15-16-7-2-1-3-8-16/h1-3,7-8,17-19,25H,4-6,9-15H2,(H,24,33)(H,29,30)(H,31,32). The number of hydrogen-bond donors (Lipinski definition) is 4. The maximum atomic E-state index is 13.0. The lowest BCUT2D eigenvalue weighted by Gasteiger charge is -2.47. The van der Waals surface area contributed by atoms with Crippen molar-refractivity contribution in [2.24, 2.45) is 0 Å². The molecule has 0 radical (unpaired) electrons. The van der Waals surface area contributed by atoms with Crippen molar-refractivity contribution in [3.05, 3.63) is 35.9 Å². The zero-order valence-corrected chi connectivity index (χ0v) is 19.0. The molecule has 34 heavy (non-hydrogen) atoms. The van der Waals surface area contributed by atoms with E-state index >= 15 is 0 Å². The monoisotopic (exact) mass is 476 g/mol. The molecule has 0 spiro atoms. The van der Waals surface area contributed by atoms with Gasteiger partial charge >= 0.3 is 18.0 Å². The first kappa shape index (κ1) is 25.4. The predicted octanol–water partition coefficient (Wildman–Crippen LogP) is 1.19. The number of hydrazine groups is 1. The number of amides is 2. The van der Waals surface area contributed by atoms with Crippen LogP contribution in [0.4, 0.5) is 4.79 Å². The summed E-state index contributed by atoms with van der Waals surface area (Å²) in [5.41, 5.74) is 0.882. The number of nitrogens with zero attached hydrogens (tertiary/aromatic N) is 2. The molecule has 1 aromatic carbocycles. The maximum Gasteiger partial charge on any atom is 0.407 e. The SMILES string of the molecule is O=C(NCCCCC(NC1CCN2CCCC(C(=O)O)N2C1=O)C(=O)O)OCc1ccccc1. The third-order valence-electron chi connectivity index (χ3n) is 6.08. The van der Waals surface area contributed by atoms with Crippen molar-refractivity contribution in [3.8, 4) is 0 Å². The number of ether oxygens (including phenoxy) is 1. The molecule has 2 amide bonds. The van der Waals surface area contributed by atoms with Crippen LogP contribution >= 0.6 is 0 Å². The molecule has 186 valence electrons. The molecule has 2 heterocycles. The third kappa shape index (κ3) is 6.91. The summed E-state index contributed by atoms with van der Waals surface area (Å²) in [6.07, 6.45) is 2.29. The van der Waals surface area contributed by atoms with Crippen LogP contribution in [0.3, 0.4) is 0 Å². The van der Waals surface area contributed by atoms with E-state index in [-0.39, 0.29) is 13.0 Å². The van der Waals surface area contributed by atoms with Crippen molar-refractivity contribution in [1.29, 1.82) is 0 Å². The Morgan fingerprint density at radius 3 is 2.56 bits per heavy atom. The van der Waals surface area contributed by atoms with Crippen molar-refractivity contribution < 1.29 is 34.1 Å². The topological polar surface area (TPSA) is 149 Å². The smallest absolute Gasteiger partial charge is 0.407 e. The highest BCUT2D eigenvalue weighted by molar-refractivity contribution is 5.88. The second kappa shape index (κ2) is 12.3. The van der Waals surface area contributed by atoms with E-state index in [1.165, 1.54) is 5.01 Å². The highest BCUT2D eigenvalue weighted by Crippen LogP contribution is 2.24. The van der Waals surface area contributed by atoms with Crippen molar-refractivity contribution in [2.45, 2.75) is 63.3 Å². The molecule has 3 atom stereocenters. The van der Waals surface area contributed by atoms with E-state index in [9.17, 15) is 29.4 Å². The minimum absolute atomic E-state index is 0.171. The van der Waals surface area contributed by atoms with E-state index < -0.39 is 42.1 Å². The number of hydrogen-bond acceptors (Lipinski definition) is 7. The summed E-state index contributed by atoms with van der Waals surface area (Å²) in [5.74, 6) is -2.52. The fraction of sp³-hybridized carbons (Fsp3) is 0.565. The molecule has 1 aromatic rings. The van der Waals surface area contributed by atoms with Gasteiger partial charge in [-0.05, 0) is 44.1 Å². The molecule has 3 rings (SSSR count). The fourth-order valence-electron chi connectivity index (χ4n) is 4.31. The number of carboxylic acids is 2. The van der Waals surface area contributed by atoms with Crippen LogP contribution in [-0.4, -0.2) is 81.9 Å². The first-order valence-electron chi connectivity index (χ1n) is 11.6.